The molecule has 0 unspecified atom stereocenters. The average Bonchev–Trinajstić information content (AvgIpc) is 3.23. The van der Waals surface area contributed by atoms with Crippen molar-refractivity contribution in [2.24, 2.45) is 0 Å². The Morgan fingerprint density at radius 2 is 2.00 bits per heavy atom. The molecule has 5 nitrogen and oxygen atoms in total. The molecule has 1 aliphatic carbocycles. The number of nitrogens with zero attached hydrogens (tertiary/aromatic N) is 2. The van der Waals surface area contributed by atoms with E-state index >= 15 is 0 Å². The Morgan fingerprint density at radius 1 is 1.32 bits per heavy atom. The van der Waals surface area contributed by atoms with Crippen LogP contribution in [-0.2, 0) is 14.8 Å². The van der Waals surface area contributed by atoms with Crippen LogP contribution in [0.4, 0.5) is 5.69 Å². The van der Waals surface area contributed by atoms with Crippen LogP contribution in [0.1, 0.15) is 31.7 Å². The van der Waals surface area contributed by atoms with Crippen molar-refractivity contribution >= 4 is 21.6 Å². The number of rotatable bonds is 7. The molecule has 6 heteroatoms. The number of sulfonamides is 1. The summed E-state index contributed by atoms with van der Waals surface area (Å²) in [7, 11) is -3.24. The van der Waals surface area contributed by atoms with Crippen LogP contribution in [0.25, 0.3) is 0 Å². The quantitative estimate of drug-likeness (QED) is 0.772. The van der Waals surface area contributed by atoms with E-state index in [1.807, 2.05) is 38.1 Å². The van der Waals surface area contributed by atoms with E-state index < -0.39 is 10.0 Å². The minimum atomic E-state index is -3.24. The van der Waals surface area contributed by atoms with E-state index in [0.29, 0.717) is 6.54 Å². The van der Waals surface area contributed by atoms with Crippen molar-refractivity contribution in [3.05, 3.63) is 29.8 Å². The number of carbonyl (C=O) groups is 1. The van der Waals surface area contributed by atoms with Gasteiger partial charge in [-0.25, -0.2) is 8.42 Å². The summed E-state index contributed by atoms with van der Waals surface area (Å²) < 4.78 is 25.0. The van der Waals surface area contributed by atoms with Crippen molar-refractivity contribution < 1.29 is 13.2 Å². The normalized spacial score (nSPS) is 15.1. The second kappa shape index (κ2) is 6.79. The SMILES string of the molecule is CCN(C(=O)CCN(C1CC1)S(C)(=O)=O)c1cccc(C)c1. The van der Waals surface area contributed by atoms with Crippen LogP contribution >= 0.6 is 0 Å². The summed E-state index contributed by atoms with van der Waals surface area (Å²) in [6.07, 6.45) is 3.23. The molecule has 0 aliphatic heterocycles. The maximum Gasteiger partial charge on any atom is 0.228 e. The van der Waals surface area contributed by atoms with Crippen molar-refractivity contribution in [2.45, 2.75) is 39.2 Å². The van der Waals surface area contributed by atoms with Crippen molar-refractivity contribution in [1.82, 2.24) is 4.31 Å². The van der Waals surface area contributed by atoms with Gasteiger partial charge < -0.3 is 4.90 Å². The van der Waals surface area contributed by atoms with Gasteiger partial charge in [-0.05, 0) is 44.4 Å². The smallest absolute Gasteiger partial charge is 0.228 e. The van der Waals surface area contributed by atoms with E-state index in [4.69, 9.17) is 0 Å². The number of anilines is 1. The van der Waals surface area contributed by atoms with E-state index in [1.165, 1.54) is 10.6 Å². The Balaban J connectivity index is 2.03. The fourth-order valence-corrected chi connectivity index (χ4v) is 3.80. The number of carbonyl (C=O) groups excluding carboxylic acids is 1. The van der Waals surface area contributed by atoms with Crippen LogP contribution < -0.4 is 4.90 Å². The molecule has 0 radical (unpaired) electrons. The Hall–Kier alpha value is -1.40. The lowest BCUT2D eigenvalue weighted by Gasteiger charge is -2.24. The molecule has 1 saturated carbocycles. The second-order valence-corrected chi connectivity index (χ2v) is 7.77. The molecule has 0 atom stereocenters. The van der Waals surface area contributed by atoms with Crippen LogP contribution in [-0.4, -0.2) is 44.0 Å². The number of hydrogen-bond donors (Lipinski definition) is 0. The molecule has 0 N–H and O–H groups in total. The molecule has 0 heterocycles. The van der Waals surface area contributed by atoms with Crippen molar-refractivity contribution in [2.75, 3.05) is 24.2 Å². The van der Waals surface area contributed by atoms with Gasteiger partial charge in [-0.3, -0.25) is 4.79 Å². The largest absolute Gasteiger partial charge is 0.313 e. The zero-order valence-electron chi connectivity index (χ0n) is 13.4. The summed E-state index contributed by atoms with van der Waals surface area (Å²) in [6, 6.07) is 7.88. The third kappa shape index (κ3) is 4.30. The highest BCUT2D eigenvalue weighted by molar-refractivity contribution is 7.88. The van der Waals surface area contributed by atoms with E-state index in [1.54, 1.807) is 4.90 Å². The highest BCUT2D eigenvalue weighted by Crippen LogP contribution is 2.29. The molecule has 1 fully saturated rings. The van der Waals surface area contributed by atoms with Gasteiger partial charge in [0.25, 0.3) is 0 Å². The fraction of sp³-hybridized carbons (Fsp3) is 0.562. The van der Waals surface area contributed by atoms with Gasteiger partial charge in [0.2, 0.25) is 15.9 Å². The molecule has 2 rings (SSSR count). The molecule has 1 amide bonds. The predicted octanol–water partition coefficient (Wildman–Crippen LogP) is 2.16. The van der Waals surface area contributed by atoms with Gasteiger partial charge in [-0.15, -0.1) is 0 Å². The summed E-state index contributed by atoms with van der Waals surface area (Å²) >= 11 is 0. The minimum Gasteiger partial charge on any atom is -0.313 e. The zero-order chi connectivity index (χ0) is 16.3. The standard InChI is InChI=1S/C16H24N2O3S/c1-4-17(15-7-5-6-13(2)12-15)16(19)10-11-18(14-8-9-14)22(3,20)21/h5-7,12,14H,4,8-11H2,1-3H3. The van der Waals surface area contributed by atoms with Gasteiger partial charge in [0.15, 0.2) is 0 Å². The molecule has 0 spiro atoms. The molecule has 122 valence electrons. The van der Waals surface area contributed by atoms with Gasteiger partial charge in [0.05, 0.1) is 6.26 Å². The Bertz CT molecular complexity index is 639. The molecule has 1 aromatic rings. The molecular formula is C16H24N2O3S. The predicted molar refractivity (Wildman–Crippen MR) is 88.4 cm³/mol. The van der Waals surface area contributed by atoms with Crippen LogP contribution in [0.3, 0.4) is 0 Å². The van der Waals surface area contributed by atoms with Crippen molar-refractivity contribution in [3.63, 3.8) is 0 Å². The van der Waals surface area contributed by atoms with Gasteiger partial charge >= 0.3 is 0 Å². The molecule has 1 aromatic carbocycles. The number of aryl methyl sites for hydroxylation is 1. The lowest BCUT2D eigenvalue weighted by molar-refractivity contribution is -0.118. The summed E-state index contributed by atoms with van der Waals surface area (Å²) in [4.78, 5) is 14.2. The summed E-state index contributed by atoms with van der Waals surface area (Å²) in [5, 5.41) is 0. The molecule has 1 aliphatic rings. The molecule has 22 heavy (non-hydrogen) atoms. The highest BCUT2D eigenvalue weighted by Gasteiger charge is 2.35. The second-order valence-electron chi connectivity index (χ2n) is 5.83. The first kappa shape index (κ1) is 17.0. The first-order valence-electron chi connectivity index (χ1n) is 7.66. The highest BCUT2D eigenvalue weighted by atomic mass is 32.2. The minimum absolute atomic E-state index is 0.0394. The third-order valence-corrected chi connectivity index (χ3v) is 5.19. The lowest BCUT2D eigenvalue weighted by atomic mass is 10.2. The van der Waals surface area contributed by atoms with Crippen molar-refractivity contribution in [1.29, 1.82) is 0 Å². The van der Waals surface area contributed by atoms with Crippen LogP contribution in [0.15, 0.2) is 24.3 Å². The van der Waals surface area contributed by atoms with E-state index in [2.05, 4.69) is 0 Å². The first-order chi connectivity index (χ1) is 10.3. The maximum absolute atomic E-state index is 12.5. The average molecular weight is 324 g/mol. The van der Waals surface area contributed by atoms with Gasteiger partial charge in [-0.1, -0.05) is 12.1 Å². The number of amides is 1. The monoisotopic (exact) mass is 324 g/mol. The van der Waals surface area contributed by atoms with Gasteiger partial charge in [-0.2, -0.15) is 4.31 Å². The van der Waals surface area contributed by atoms with Crippen LogP contribution in [0.5, 0.6) is 0 Å². The van der Waals surface area contributed by atoms with Crippen LogP contribution in [0.2, 0.25) is 0 Å². The van der Waals surface area contributed by atoms with Gasteiger partial charge in [0, 0.05) is 31.2 Å². The maximum atomic E-state index is 12.5. The number of hydrogen-bond acceptors (Lipinski definition) is 3. The molecule has 0 aromatic heterocycles. The lowest BCUT2D eigenvalue weighted by Crippen LogP contribution is -2.37. The molecular weight excluding hydrogens is 300 g/mol. The van der Waals surface area contributed by atoms with Crippen molar-refractivity contribution in [3.8, 4) is 0 Å². The van der Waals surface area contributed by atoms with E-state index in [9.17, 15) is 13.2 Å². The topological polar surface area (TPSA) is 57.7 Å². The number of benzene rings is 1. The molecule has 0 saturated heterocycles. The molecule has 0 bridgehead atoms. The Kier molecular flexibility index (Phi) is 5.24. The Morgan fingerprint density at radius 3 is 2.50 bits per heavy atom. The summed E-state index contributed by atoms with van der Waals surface area (Å²) in [5.74, 6) is -0.0394. The Labute approximate surface area is 133 Å². The third-order valence-electron chi connectivity index (χ3n) is 3.86. The summed E-state index contributed by atoms with van der Waals surface area (Å²) in [6.45, 7) is 4.75. The van der Waals surface area contributed by atoms with Gasteiger partial charge in [0.1, 0.15) is 0 Å². The fourth-order valence-electron chi connectivity index (χ4n) is 2.62. The van der Waals surface area contributed by atoms with E-state index in [-0.39, 0.29) is 24.9 Å². The summed E-state index contributed by atoms with van der Waals surface area (Å²) in [5.41, 5.74) is 1.96. The first-order valence-corrected chi connectivity index (χ1v) is 9.51. The van der Waals surface area contributed by atoms with Crippen LogP contribution in [0, 0.1) is 6.92 Å². The zero-order valence-corrected chi connectivity index (χ0v) is 14.3. The van der Waals surface area contributed by atoms with E-state index in [0.717, 1.165) is 24.1 Å².